The summed E-state index contributed by atoms with van der Waals surface area (Å²) >= 11 is 0. The Hall–Kier alpha value is -0.850. The molecule has 1 aliphatic carbocycles. The zero-order chi connectivity index (χ0) is 8.39. The van der Waals surface area contributed by atoms with Gasteiger partial charge in [0.1, 0.15) is 0 Å². The van der Waals surface area contributed by atoms with E-state index in [-0.39, 0.29) is 0 Å². The Bertz CT molecular complexity index is 242. The highest BCUT2D eigenvalue weighted by Crippen LogP contribution is 2.38. The number of aromatic nitrogens is 1. The molecule has 0 amide bonds. The zero-order valence-electron chi connectivity index (χ0n) is 7.53. The van der Waals surface area contributed by atoms with Crippen molar-refractivity contribution in [3.8, 4) is 0 Å². The fraction of sp³-hybridized carbons (Fsp3) is 0.545. The van der Waals surface area contributed by atoms with Crippen LogP contribution in [0.1, 0.15) is 37.7 Å². The predicted octanol–water partition coefficient (Wildman–Crippen LogP) is 2.99. The summed E-state index contributed by atoms with van der Waals surface area (Å²) in [6.45, 7) is 2.35. The highest BCUT2D eigenvalue weighted by atomic mass is 14.6. The van der Waals surface area contributed by atoms with Crippen LogP contribution in [-0.4, -0.2) is 4.98 Å². The van der Waals surface area contributed by atoms with Crippen LogP contribution in [-0.2, 0) is 0 Å². The van der Waals surface area contributed by atoms with E-state index in [4.69, 9.17) is 0 Å². The predicted molar refractivity (Wildman–Crippen MR) is 50.0 cm³/mol. The summed E-state index contributed by atoms with van der Waals surface area (Å²) in [6, 6.07) is 4.25. The van der Waals surface area contributed by atoms with Crippen molar-refractivity contribution in [3.05, 3.63) is 30.1 Å². The standard InChI is InChI=1S/C11H15N/c1-9-4-2-6-11(9)10-5-3-7-12-8-10/h3,5,7-9,11H,2,4,6H2,1H3/t9?,11-/m1/s1. The van der Waals surface area contributed by atoms with Gasteiger partial charge in [-0.05, 0) is 29.9 Å². The van der Waals surface area contributed by atoms with E-state index in [1.165, 1.54) is 24.8 Å². The normalized spacial score (nSPS) is 29.1. The highest BCUT2D eigenvalue weighted by Gasteiger charge is 2.24. The molecule has 1 heteroatoms. The molecule has 12 heavy (non-hydrogen) atoms. The SMILES string of the molecule is CC1CCC[C@H]1c1cccnc1. The highest BCUT2D eigenvalue weighted by molar-refractivity contribution is 5.16. The molecule has 1 nitrogen and oxygen atoms in total. The van der Waals surface area contributed by atoms with Crippen molar-refractivity contribution < 1.29 is 0 Å². The minimum Gasteiger partial charge on any atom is -0.264 e. The van der Waals surface area contributed by atoms with Crippen molar-refractivity contribution >= 4 is 0 Å². The molecule has 1 fully saturated rings. The molecular weight excluding hydrogens is 146 g/mol. The maximum atomic E-state index is 4.16. The van der Waals surface area contributed by atoms with E-state index in [0.29, 0.717) is 0 Å². The summed E-state index contributed by atoms with van der Waals surface area (Å²) in [6.07, 6.45) is 8.00. The van der Waals surface area contributed by atoms with E-state index < -0.39 is 0 Å². The van der Waals surface area contributed by atoms with Gasteiger partial charge < -0.3 is 0 Å². The van der Waals surface area contributed by atoms with Crippen LogP contribution in [0.4, 0.5) is 0 Å². The summed E-state index contributed by atoms with van der Waals surface area (Å²) < 4.78 is 0. The summed E-state index contributed by atoms with van der Waals surface area (Å²) in [7, 11) is 0. The molecule has 1 heterocycles. The van der Waals surface area contributed by atoms with Crippen LogP contribution in [0.5, 0.6) is 0 Å². The lowest BCUT2D eigenvalue weighted by Crippen LogP contribution is -2.01. The van der Waals surface area contributed by atoms with Gasteiger partial charge in [-0.1, -0.05) is 25.8 Å². The Labute approximate surface area is 73.8 Å². The summed E-state index contributed by atoms with van der Waals surface area (Å²) in [5, 5.41) is 0. The quantitative estimate of drug-likeness (QED) is 0.617. The fourth-order valence-electron chi connectivity index (χ4n) is 2.24. The van der Waals surface area contributed by atoms with Gasteiger partial charge >= 0.3 is 0 Å². The minimum absolute atomic E-state index is 0.777. The van der Waals surface area contributed by atoms with Gasteiger partial charge in [0.25, 0.3) is 0 Å². The molecule has 1 unspecified atom stereocenters. The lowest BCUT2D eigenvalue weighted by molar-refractivity contribution is 0.532. The minimum atomic E-state index is 0.777. The Kier molecular flexibility index (Phi) is 2.11. The lowest BCUT2D eigenvalue weighted by Gasteiger charge is -2.14. The van der Waals surface area contributed by atoms with E-state index in [2.05, 4.69) is 18.0 Å². The number of rotatable bonds is 1. The molecule has 64 valence electrons. The molecule has 1 aromatic heterocycles. The molecule has 0 aliphatic heterocycles. The number of hydrogen-bond acceptors (Lipinski definition) is 1. The van der Waals surface area contributed by atoms with Gasteiger partial charge in [-0.3, -0.25) is 4.98 Å². The fourth-order valence-corrected chi connectivity index (χ4v) is 2.24. The van der Waals surface area contributed by atoms with Crippen LogP contribution < -0.4 is 0 Å². The maximum absolute atomic E-state index is 4.16. The van der Waals surface area contributed by atoms with Crippen LogP contribution in [0, 0.1) is 5.92 Å². The molecule has 0 bridgehead atoms. The average molecular weight is 161 g/mol. The van der Waals surface area contributed by atoms with Gasteiger partial charge in [0, 0.05) is 12.4 Å². The summed E-state index contributed by atoms with van der Waals surface area (Å²) in [4.78, 5) is 4.16. The third-order valence-electron chi connectivity index (χ3n) is 2.97. The molecule has 1 aromatic rings. The number of hydrogen-bond donors (Lipinski definition) is 0. The van der Waals surface area contributed by atoms with E-state index in [1.807, 2.05) is 18.5 Å². The average Bonchev–Trinajstić information content (AvgIpc) is 2.53. The van der Waals surface area contributed by atoms with Gasteiger partial charge in [-0.25, -0.2) is 0 Å². The molecule has 2 rings (SSSR count). The van der Waals surface area contributed by atoms with Crippen molar-refractivity contribution in [1.82, 2.24) is 4.98 Å². The Morgan fingerprint density at radius 3 is 2.92 bits per heavy atom. The van der Waals surface area contributed by atoms with Gasteiger partial charge in [0.2, 0.25) is 0 Å². The monoisotopic (exact) mass is 161 g/mol. The zero-order valence-corrected chi connectivity index (χ0v) is 7.53. The molecule has 1 aliphatic rings. The first-order valence-electron chi connectivity index (χ1n) is 4.78. The van der Waals surface area contributed by atoms with Crippen LogP contribution in [0.25, 0.3) is 0 Å². The summed E-state index contributed by atoms with van der Waals surface area (Å²) in [5.41, 5.74) is 1.43. The van der Waals surface area contributed by atoms with Crippen LogP contribution in [0.2, 0.25) is 0 Å². The molecule has 0 spiro atoms. The van der Waals surface area contributed by atoms with E-state index in [1.54, 1.807) is 0 Å². The van der Waals surface area contributed by atoms with E-state index >= 15 is 0 Å². The van der Waals surface area contributed by atoms with Crippen LogP contribution in [0.3, 0.4) is 0 Å². The van der Waals surface area contributed by atoms with Gasteiger partial charge in [-0.15, -0.1) is 0 Å². The third-order valence-corrected chi connectivity index (χ3v) is 2.97. The maximum Gasteiger partial charge on any atom is 0.0302 e. The Morgan fingerprint density at radius 2 is 2.33 bits per heavy atom. The van der Waals surface area contributed by atoms with Crippen molar-refractivity contribution in [2.24, 2.45) is 5.92 Å². The van der Waals surface area contributed by atoms with Crippen molar-refractivity contribution in [2.45, 2.75) is 32.1 Å². The van der Waals surface area contributed by atoms with Crippen LogP contribution in [0.15, 0.2) is 24.5 Å². The molecule has 0 aromatic carbocycles. The second-order valence-corrected chi connectivity index (χ2v) is 3.80. The van der Waals surface area contributed by atoms with Gasteiger partial charge in [0.15, 0.2) is 0 Å². The summed E-state index contributed by atoms with van der Waals surface area (Å²) in [5.74, 6) is 1.63. The molecule has 2 atom stereocenters. The Morgan fingerprint density at radius 1 is 1.42 bits per heavy atom. The first kappa shape index (κ1) is 7.78. The number of pyridine rings is 1. The second kappa shape index (κ2) is 3.26. The topological polar surface area (TPSA) is 12.9 Å². The van der Waals surface area contributed by atoms with Crippen molar-refractivity contribution in [3.63, 3.8) is 0 Å². The molecule has 1 saturated carbocycles. The lowest BCUT2D eigenvalue weighted by atomic mass is 9.92. The molecule has 0 radical (unpaired) electrons. The van der Waals surface area contributed by atoms with Crippen molar-refractivity contribution in [1.29, 1.82) is 0 Å². The smallest absolute Gasteiger partial charge is 0.0302 e. The van der Waals surface area contributed by atoms with E-state index in [9.17, 15) is 0 Å². The molecular formula is C11H15N. The van der Waals surface area contributed by atoms with Crippen molar-refractivity contribution in [2.75, 3.05) is 0 Å². The van der Waals surface area contributed by atoms with Crippen LogP contribution >= 0.6 is 0 Å². The van der Waals surface area contributed by atoms with Gasteiger partial charge in [-0.2, -0.15) is 0 Å². The first-order chi connectivity index (χ1) is 5.88. The molecule has 0 saturated heterocycles. The molecule has 0 N–H and O–H groups in total. The number of nitrogens with zero attached hydrogens (tertiary/aromatic N) is 1. The largest absolute Gasteiger partial charge is 0.264 e. The third kappa shape index (κ3) is 1.36. The first-order valence-corrected chi connectivity index (χ1v) is 4.78. The Balaban J connectivity index is 2.19. The van der Waals surface area contributed by atoms with E-state index in [0.717, 1.165) is 11.8 Å². The van der Waals surface area contributed by atoms with Gasteiger partial charge in [0.05, 0.1) is 0 Å². The second-order valence-electron chi connectivity index (χ2n) is 3.80.